The first-order valence-corrected chi connectivity index (χ1v) is 11.2. The highest BCUT2D eigenvalue weighted by atomic mass is 16.5. The van der Waals surface area contributed by atoms with Crippen LogP contribution in [-0.2, 0) is 22.5 Å². The monoisotopic (exact) mass is 433 g/mol. The van der Waals surface area contributed by atoms with E-state index in [1.165, 1.54) is 0 Å². The Morgan fingerprint density at radius 1 is 1.16 bits per heavy atom. The smallest absolute Gasteiger partial charge is 0.227 e. The van der Waals surface area contributed by atoms with Gasteiger partial charge in [-0.3, -0.25) is 4.79 Å². The van der Waals surface area contributed by atoms with Gasteiger partial charge in [0.1, 0.15) is 5.75 Å². The summed E-state index contributed by atoms with van der Waals surface area (Å²) in [4.78, 5) is 15.5. The Morgan fingerprint density at radius 2 is 1.91 bits per heavy atom. The Bertz CT molecular complexity index is 1060. The van der Waals surface area contributed by atoms with Crippen molar-refractivity contribution in [2.24, 2.45) is 0 Å². The molecule has 0 aliphatic carbocycles. The van der Waals surface area contributed by atoms with Gasteiger partial charge in [0, 0.05) is 36.5 Å². The molecular formula is C26H31N3O3. The van der Waals surface area contributed by atoms with Crippen molar-refractivity contribution >= 4 is 5.91 Å². The van der Waals surface area contributed by atoms with Gasteiger partial charge < -0.3 is 14.4 Å². The molecule has 4 rings (SSSR count). The van der Waals surface area contributed by atoms with E-state index in [9.17, 15) is 4.79 Å². The number of carbonyl (C=O) groups excluding carboxylic acids is 1. The molecule has 2 aromatic carbocycles. The van der Waals surface area contributed by atoms with Gasteiger partial charge in [-0.2, -0.15) is 5.10 Å². The second kappa shape index (κ2) is 10.0. The van der Waals surface area contributed by atoms with Gasteiger partial charge in [-0.15, -0.1) is 0 Å². The molecule has 0 bridgehead atoms. The van der Waals surface area contributed by atoms with Crippen molar-refractivity contribution in [2.75, 3.05) is 20.3 Å². The van der Waals surface area contributed by atoms with Crippen LogP contribution in [0.1, 0.15) is 35.4 Å². The summed E-state index contributed by atoms with van der Waals surface area (Å²) < 4.78 is 13.3. The molecule has 1 atom stereocenters. The van der Waals surface area contributed by atoms with Crippen molar-refractivity contribution in [3.63, 3.8) is 0 Å². The van der Waals surface area contributed by atoms with Crippen LogP contribution < -0.4 is 4.74 Å². The molecule has 1 fully saturated rings. The lowest BCUT2D eigenvalue weighted by atomic mass is 10.1. The molecule has 1 amide bonds. The van der Waals surface area contributed by atoms with Crippen LogP contribution in [0.15, 0.2) is 54.6 Å². The molecule has 168 valence electrons. The lowest BCUT2D eigenvalue weighted by Gasteiger charge is -2.26. The first kappa shape index (κ1) is 22.1. The van der Waals surface area contributed by atoms with Crippen LogP contribution in [0.25, 0.3) is 5.69 Å². The maximum Gasteiger partial charge on any atom is 0.227 e. The first-order chi connectivity index (χ1) is 15.6. The third-order valence-electron chi connectivity index (χ3n) is 6.12. The van der Waals surface area contributed by atoms with Crippen LogP contribution in [0.3, 0.4) is 0 Å². The Balaban J connectivity index is 1.58. The second-order valence-corrected chi connectivity index (χ2v) is 8.29. The Morgan fingerprint density at radius 3 is 2.62 bits per heavy atom. The average Bonchev–Trinajstić information content (AvgIpc) is 3.43. The average molecular weight is 434 g/mol. The zero-order chi connectivity index (χ0) is 22.5. The molecule has 0 N–H and O–H groups in total. The van der Waals surface area contributed by atoms with Crippen molar-refractivity contribution in [3.8, 4) is 11.4 Å². The van der Waals surface area contributed by atoms with E-state index in [1.807, 2.05) is 78.0 Å². The molecule has 6 heteroatoms. The summed E-state index contributed by atoms with van der Waals surface area (Å²) in [6.45, 7) is 5.85. The number of aryl methyl sites for hydroxylation is 1. The van der Waals surface area contributed by atoms with Crippen molar-refractivity contribution in [1.29, 1.82) is 0 Å². The van der Waals surface area contributed by atoms with E-state index in [1.54, 1.807) is 7.11 Å². The van der Waals surface area contributed by atoms with E-state index in [0.29, 0.717) is 19.5 Å². The fourth-order valence-corrected chi connectivity index (χ4v) is 4.34. The molecule has 1 unspecified atom stereocenters. The van der Waals surface area contributed by atoms with E-state index < -0.39 is 0 Å². The predicted octanol–water partition coefficient (Wildman–Crippen LogP) is 4.25. The summed E-state index contributed by atoms with van der Waals surface area (Å²) in [5.41, 5.74) is 4.86. The summed E-state index contributed by atoms with van der Waals surface area (Å²) in [6.07, 6.45) is 2.43. The molecule has 6 nitrogen and oxygen atoms in total. The van der Waals surface area contributed by atoms with Gasteiger partial charge in [0.15, 0.2) is 0 Å². The van der Waals surface area contributed by atoms with E-state index in [0.717, 1.165) is 53.4 Å². The van der Waals surface area contributed by atoms with Gasteiger partial charge >= 0.3 is 0 Å². The van der Waals surface area contributed by atoms with E-state index >= 15 is 0 Å². The maximum atomic E-state index is 13.5. The van der Waals surface area contributed by atoms with Gasteiger partial charge in [0.05, 0.1) is 31.0 Å². The lowest BCUT2D eigenvalue weighted by Crippen LogP contribution is -2.38. The van der Waals surface area contributed by atoms with Crippen molar-refractivity contribution in [3.05, 3.63) is 77.1 Å². The van der Waals surface area contributed by atoms with Crippen LogP contribution in [0, 0.1) is 13.8 Å². The molecule has 0 radical (unpaired) electrons. The highest BCUT2D eigenvalue weighted by molar-refractivity contribution is 5.79. The number of amides is 1. The summed E-state index contributed by atoms with van der Waals surface area (Å²) >= 11 is 0. The topological polar surface area (TPSA) is 56.6 Å². The van der Waals surface area contributed by atoms with Crippen molar-refractivity contribution in [1.82, 2.24) is 14.7 Å². The normalized spacial score (nSPS) is 15.7. The van der Waals surface area contributed by atoms with Crippen LogP contribution >= 0.6 is 0 Å². The van der Waals surface area contributed by atoms with Crippen LogP contribution in [0.4, 0.5) is 0 Å². The molecule has 1 saturated heterocycles. The predicted molar refractivity (Wildman–Crippen MR) is 124 cm³/mol. The number of para-hydroxylation sites is 2. The van der Waals surface area contributed by atoms with Crippen LogP contribution in [-0.4, -0.2) is 47.0 Å². The summed E-state index contributed by atoms with van der Waals surface area (Å²) in [5.74, 6) is 0.868. The highest BCUT2D eigenvalue weighted by Crippen LogP contribution is 2.24. The fraction of sp³-hybridized carbons (Fsp3) is 0.385. The molecule has 1 aromatic heterocycles. The van der Waals surface area contributed by atoms with Gasteiger partial charge in [0.2, 0.25) is 5.91 Å². The quantitative estimate of drug-likeness (QED) is 0.533. The molecule has 1 aliphatic heterocycles. The summed E-state index contributed by atoms with van der Waals surface area (Å²) in [7, 11) is 1.66. The highest BCUT2D eigenvalue weighted by Gasteiger charge is 2.25. The van der Waals surface area contributed by atoms with Crippen molar-refractivity contribution < 1.29 is 14.3 Å². The fourth-order valence-electron chi connectivity index (χ4n) is 4.34. The molecule has 1 aliphatic rings. The number of hydrogen-bond acceptors (Lipinski definition) is 4. The number of hydrogen-bond donors (Lipinski definition) is 0. The minimum atomic E-state index is 0.0743. The number of carbonyl (C=O) groups is 1. The number of nitrogens with zero attached hydrogens (tertiary/aromatic N) is 3. The van der Waals surface area contributed by atoms with Gasteiger partial charge in [0.25, 0.3) is 0 Å². The molecule has 32 heavy (non-hydrogen) atoms. The van der Waals surface area contributed by atoms with E-state index in [-0.39, 0.29) is 12.0 Å². The molecule has 2 heterocycles. The zero-order valence-corrected chi connectivity index (χ0v) is 19.1. The first-order valence-electron chi connectivity index (χ1n) is 11.2. The molecule has 0 saturated carbocycles. The number of benzene rings is 2. The molecular weight excluding hydrogens is 402 g/mol. The lowest BCUT2D eigenvalue weighted by molar-refractivity contribution is -0.132. The van der Waals surface area contributed by atoms with Crippen LogP contribution in [0.2, 0.25) is 0 Å². The third kappa shape index (κ3) is 4.86. The maximum absolute atomic E-state index is 13.5. The number of aromatic nitrogens is 2. The number of ether oxygens (including phenoxy) is 2. The zero-order valence-electron chi connectivity index (χ0n) is 19.1. The summed E-state index contributed by atoms with van der Waals surface area (Å²) in [5, 5.41) is 4.71. The largest absolute Gasteiger partial charge is 0.496 e. The second-order valence-electron chi connectivity index (χ2n) is 8.29. The Hall–Kier alpha value is -3.12. The van der Waals surface area contributed by atoms with Gasteiger partial charge in [-0.05, 0) is 44.9 Å². The molecule has 0 spiro atoms. The minimum Gasteiger partial charge on any atom is -0.496 e. The molecule has 3 aromatic rings. The van der Waals surface area contributed by atoms with E-state index in [2.05, 4.69) is 0 Å². The van der Waals surface area contributed by atoms with Crippen LogP contribution in [0.5, 0.6) is 5.75 Å². The number of rotatable bonds is 8. The third-order valence-corrected chi connectivity index (χ3v) is 6.12. The number of methoxy groups -OCH3 is 1. The van der Waals surface area contributed by atoms with Gasteiger partial charge in [-0.1, -0.05) is 36.4 Å². The van der Waals surface area contributed by atoms with E-state index in [4.69, 9.17) is 14.6 Å². The van der Waals surface area contributed by atoms with Crippen molar-refractivity contribution in [2.45, 2.75) is 45.8 Å². The van der Waals surface area contributed by atoms with Gasteiger partial charge in [-0.25, -0.2) is 4.68 Å². The SMILES string of the molecule is COc1ccccc1CN(CC1CCCO1)C(=O)Cc1c(C)nn(-c2ccccc2)c1C. The summed E-state index contributed by atoms with van der Waals surface area (Å²) in [6, 6.07) is 17.9. The Labute approximate surface area is 189 Å². The Kier molecular flexibility index (Phi) is 6.90. The standard InChI is InChI=1S/C26H31N3O3/c1-19-24(20(2)29(27-19)22-11-5-4-6-12-22)16-26(30)28(18-23-13-9-15-32-23)17-21-10-7-8-14-25(21)31-3/h4-8,10-12,14,23H,9,13,15-18H2,1-3H3. The minimum absolute atomic E-state index is 0.0743.